The molecule has 0 saturated heterocycles. The molecule has 0 saturated carbocycles. The molecule has 0 fully saturated rings. The van der Waals surface area contributed by atoms with Gasteiger partial charge in [-0.3, -0.25) is 14.4 Å². The second kappa shape index (κ2) is 8.53. The van der Waals surface area contributed by atoms with E-state index >= 15 is 0 Å². The molecule has 120 valence electrons. The van der Waals surface area contributed by atoms with E-state index in [0.717, 1.165) is 5.56 Å². The van der Waals surface area contributed by atoms with Gasteiger partial charge in [-0.05, 0) is 6.92 Å². The molecule has 8 heteroatoms. The van der Waals surface area contributed by atoms with Crippen LogP contribution in [0.2, 0.25) is 0 Å². The Morgan fingerprint density at radius 1 is 0.909 bits per heavy atom. The normalized spacial score (nSPS) is 10.1. The minimum Gasteiger partial charge on any atom is -0.481 e. The number of hydrogen-bond donors (Lipinski definition) is 4. The van der Waals surface area contributed by atoms with Crippen molar-refractivity contribution in [3.63, 3.8) is 0 Å². The quantitative estimate of drug-likeness (QED) is 0.559. The molecule has 0 aromatic heterocycles. The number of rotatable bonds is 6. The minimum atomic E-state index is -2.74. The maximum atomic E-state index is 10.6. The Bertz CT molecular complexity index is 533. The van der Waals surface area contributed by atoms with Crippen molar-refractivity contribution < 1.29 is 39.6 Å². The largest absolute Gasteiger partial charge is 0.481 e. The van der Waals surface area contributed by atoms with E-state index in [1.54, 1.807) is 6.92 Å². The van der Waals surface area contributed by atoms with Crippen LogP contribution in [0.4, 0.5) is 0 Å². The van der Waals surface area contributed by atoms with Crippen molar-refractivity contribution in [2.75, 3.05) is 0 Å². The predicted octanol–water partition coefficient (Wildman–Crippen LogP) is 0.641. The van der Waals surface area contributed by atoms with Gasteiger partial charge in [0.05, 0.1) is 12.8 Å². The number of carbonyl (C=O) groups is 4. The summed E-state index contributed by atoms with van der Waals surface area (Å²) in [4.78, 5) is 41.1. The highest BCUT2D eigenvalue weighted by atomic mass is 16.4. The lowest BCUT2D eigenvalue weighted by Crippen LogP contribution is -2.42. The van der Waals surface area contributed by atoms with Crippen LogP contribution < -0.4 is 0 Å². The molecule has 1 rings (SSSR count). The van der Waals surface area contributed by atoms with Crippen LogP contribution in [0.1, 0.15) is 30.1 Å². The first-order valence-electron chi connectivity index (χ1n) is 6.04. The Labute approximate surface area is 125 Å². The monoisotopic (exact) mass is 312 g/mol. The van der Waals surface area contributed by atoms with Crippen molar-refractivity contribution in [2.45, 2.75) is 25.4 Å². The number of carboxylic acids is 3. The second-order valence-electron chi connectivity index (χ2n) is 4.40. The summed E-state index contributed by atoms with van der Waals surface area (Å²) in [7, 11) is 0. The highest BCUT2D eigenvalue weighted by Crippen LogP contribution is 2.15. The third kappa shape index (κ3) is 7.15. The van der Waals surface area contributed by atoms with E-state index in [0.29, 0.717) is 0 Å². The van der Waals surface area contributed by atoms with Gasteiger partial charge in [-0.2, -0.15) is 0 Å². The van der Waals surface area contributed by atoms with Crippen LogP contribution in [0.25, 0.3) is 0 Å². The molecule has 1 aromatic carbocycles. The molecule has 0 atom stereocenters. The number of carbonyl (C=O) groups excluding carboxylic acids is 1. The average Bonchev–Trinajstić information content (AvgIpc) is 2.38. The third-order valence-corrected chi connectivity index (χ3v) is 2.47. The summed E-state index contributed by atoms with van der Waals surface area (Å²) in [5.74, 6) is -4.90. The summed E-state index contributed by atoms with van der Waals surface area (Å²) in [6.07, 6.45) is -2.29. The maximum absolute atomic E-state index is 10.6. The SMILES string of the molecule is CC(=O)c1ccccc1.O=C(O)CC(O)(CC(=O)O)C(=O)O. The number of aliphatic carboxylic acids is 3. The Hall–Kier alpha value is -2.74. The van der Waals surface area contributed by atoms with Crippen molar-refractivity contribution in [1.29, 1.82) is 0 Å². The van der Waals surface area contributed by atoms with Crippen LogP contribution in [-0.4, -0.2) is 49.7 Å². The summed E-state index contributed by atoms with van der Waals surface area (Å²) in [6, 6.07) is 9.23. The Kier molecular flexibility index (Phi) is 7.46. The number of aliphatic hydroxyl groups is 1. The molecule has 0 bridgehead atoms. The Morgan fingerprint density at radius 3 is 1.55 bits per heavy atom. The van der Waals surface area contributed by atoms with E-state index in [9.17, 15) is 19.2 Å². The van der Waals surface area contributed by atoms with Crippen LogP contribution >= 0.6 is 0 Å². The topological polar surface area (TPSA) is 149 Å². The van der Waals surface area contributed by atoms with Gasteiger partial charge in [0.15, 0.2) is 11.4 Å². The van der Waals surface area contributed by atoms with Gasteiger partial charge >= 0.3 is 17.9 Å². The zero-order valence-corrected chi connectivity index (χ0v) is 11.7. The first kappa shape index (κ1) is 19.3. The molecule has 0 unspecified atom stereocenters. The molecule has 0 spiro atoms. The Balaban J connectivity index is 0.000000425. The van der Waals surface area contributed by atoms with E-state index in [-0.39, 0.29) is 5.78 Å². The standard InChI is InChI=1S/C8H8O.C6H8O7/c1-7(9)8-5-3-2-4-6-8;7-3(8)1-6(13,5(11)12)2-4(9)10/h2-6H,1H3;13H,1-2H2,(H,7,8)(H,9,10)(H,11,12). The molecular formula is C14H16O8. The fourth-order valence-electron chi connectivity index (χ4n) is 1.39. The van der Waals surface area contributed by atoms with E-state index in [2.05, 4.69) is 0 Å². The molecule has 22 heavy (non-hydrogen) atoms. The third-order valence-electron chi connectivity index (χ3n) is 2.47. The minimum absolute atomic E-state index is 0.121. The highest BCUT2D eigenvalue weighted by molar-refractivity contribution is 5.93. The van der Waals surface area contributed by atoms with Gasteiger partial charge in [0, 0.05) is 5.56 Å². The number of carboxylic acid groups (broad SMARTS) is 3. The lowest BCUT2D eigenvalue weighted by molar-refractivity contribution is -0.170. The molecule has 0 aliphatic carbocycles. The molecule has 0 aliphatic rings. The summed E-state index contributed by atoms with van der Waals surface area (Å²) in [6.45, 7) is 1.56. The lowest BCUT2D eigenvalue weighted by Gasteiger charge is -2.18. The summed E-state index contributed by atoms with van der Waals surface area (Å²) in [5, 5.41) is 33.8. The van der Waals surface area contributed by atoms with Gasteiger partial charge in [0.25, 0.3) is 0 Å². The molecule has 0 heterocycles. The molecule has 1 aromatic rings. The van der Waals surface area contributed by atoms with Crippen LogP contribution in [-0.2, 0) is 14.4 Å². The van der Waals surface area contributed by atoms with Gasteiger partial charge in [-0.1, -0.05) is 30.3 Å². The maximum Gasteiger partial charge on any atom is 0.336 e. The highest BCUT2D eigenvalue weighted by Gasteiger charge is 2.40. The van der Waals surface area contributed by atoms with E-state index in [1.807, 2.05) is 30.3 Å². The van der Waals surface area contributed by atoms with Gasteiger partial charge in [0.2, 0.25) is 0 Å². The molecule has 8 nitrogen and oxygen atoms in total. The number of benzene rings is 1. The fourth-order valence-corrected chi connectivity index (χ4v) is 1.39. The molecule has 0 amide bonds. The number of ketones is 1. The van der Waals surface area contributed by atoms with E-state index in [1.165, 1.54) is 0 Å². The number of Topliss-reactive ketones (excluding diaryl/α,β-unsaturated/α-hetero) is 1. The zero-order valence-electron chi connectivity index (χ0n) is 11.7. The van der Waals surface area contributed by atoms with Gasteiger partial charge in [-0.25, -0.2) is 4.79 Å². The zero-order chi connectivity index (χ0) is 17.3. The van der Waals surface area contributed by atoms with Crippen molar-refractivity contribution in [1.82, 2.24) is 0 Å². The summed E-state index contributed by atoms with van der Waals surface area (Å²) in [5.41, 5.74) is -1.96. The van der Waals surface area contributed by atoms with Gasteiger partial charge in [0.1, 0.15) is 0 Å². The van der Waals surface area contributed by atoms with Crippen LogP contribution in [0.3, 0.4) is 0 Å². The van der Waals surface area contributed by atoms with E-state index < -0.39 is 36.4 Å². The van der Waals surface area contributed by atoms with Gasteiger partial charge < -0.3 is 20.4 Å². The summed E-state index contributed by atoms with van der Waals surface area (Å²) >= 11 is 0. The first-order valence-corrected chi connectivity index (χ1v) is 6.04. The van der Waals surface area contributed by atoms with Crippen molar-refractivity contribution in [3.05, 3.63) is 35.9 Å². The van der Waals surface area contributed by atoms with Crippen molar-refractivity contribution >= 4 is 23.7 Å². The van der Waals surface area contributed by atoms with Crippen LogP contribution in [0.5, 0.6) is 0 Å². The fraction of sp³-hybridized carbons (Fsp3) is 0.286. The smallest absolute Gasteiger partial charge is 0.336 e. The molecule has 4 N–H and O–H groups in total. The molecule has 0 radical (unpaired) electrons. The van der Waals surface area contributed by atoms with Crippen LogP contribution in [0.15, 0.2) is 30.3 Å². The molecular weight excluding hydrogens is 296 g/mol. The first-order chi connectivity index (χ1) is 10.1. The number of hydrogen-bond acceptors (Lipinski definition) is 5. The second-order valence-corrected chi connectivity index (χ2v) is 4.40. The predicted molar refractivity (Wildman–Crippen MR) is 73.5 cm³/mol. The van der Waals surface area contributed by atoms with Crippen LogP contribution in [0, 0.1) is 0 Å². The average molecular weight is 312 g/mol. The summed E-state index contributed by atoms with van der Waals surface area (Å²) < 4.78 is 0. The van der Waals surface area contributed by atoms with Crippen molar-refractivity contribution in [2.24, 2.45) is 0 Å². The van der Waals surface area contributed by atoms with Gasteiger partial charge in [-0.15, -0.1) is 0 Å². The van der Waals surface area contributed by atoms with E-state index in [4.69, 9.17) is 20.4 Å². The molecule has 0 aliphatic heterocycles. The lowest BCUT2D eigenvalue weighted by atomic mass is 9.96. The Morgan fingerprint density at radius 2 is 1.32 bits per heavy atom. The van der Waals surface area contributed by atoms with Crippen molar-refractivity contribution in [3.8, 4) is 0 Å².